The monoisotopic (exact) mass is 231 g/mol. The van der Waals surface area contributed by atoms with Gasteiger partial charge in [0.05, 0.1) is 6.26 Å². The van der Waals surface area contributed by atoms with Gasteiger partial charge in [-0.2, -0.15) is 0 Å². The summed E-state index contributed by atoms with van der Waals surface area (Å²) in [6.07, 6.45) is 3.74. The Hall–Kier alpha value is -2.36. The molecule has 0 spiro atoms. The first-order chi connectivity index (χ1) is 8.15. The van der Waals surface area contributed by atoms with Crippen LogP contribution in [-0.2, 0) is 9.53 Å². The van der Waals surface area contributed by atoms with Crippen molar-refractivity contribution in [1.82, 2.24) is 0 Å². The second-order valence-corrected chi connectivity index (χ2v) is 3.02. The van der Waals surface area contributed by atoms with Gasteiger partial charge >= 0.3 is 11.9 Å². The van der Waals surface area contributed by atoms with Gasteiger partial charge in [-0.25, -0.2) is 4.79 Å². The van der Waals surface area contributed by atoms with Crippen molar-refractivity contribution >= 4 is 11.9 Å². The van der Waals surface area contributed by atoms with Crippen LogP contribution in [0.4, 0.5) is 0 Å². The van der Waals surface area contributed by atoms with Crippen LogP contribution in [0.3, 0.4) is 0 Å². The van der Waals surface area contributed by atoms with Crippen LogP contribution in [0, 0.1) is 6.58 Å². The lowest BCUT2D eigenvalue weighted by molar-refractivity contribution is -0.131. The third-order valence-electron chi connectivity index (χ3n) is 1.73. The highest BCUT2D eigenvalue weighted by atomic mass is 16.5. The van der Waals surface area contributed by atoms with E-state index in [1.807, 2.05) is 0 Å². The van der Waals surface area contributed by atoms with E-state index in [0.29, 0.717) is 0 Å². The van der Waals surface area contributed by atoms with Crippen LogP contribution in [0.5, 0.6) is 5.75 Å². The Bertz CT molecular complexity index is 460. The molecule has 1 rings (SSSR count). The molecule has 1 aromatic carbocycles. The maximum Gasteiger partial charge on any atom is 0.346 e. The maximum atomic E-state index is 11.6. The number of esters is 2. The topological polar surface area (TPSA) is 52.6 Å². The summed E-state index contributed by atoms with van der Waals surface area (Å²) in [6, 6.07) is 6.30. The van der Waals surface area contributed by atoms with Gasteiger partial charge in [-0.05, 0) is 18.2 Å². The molecule has 0 amide bonds. The van der Waals surface area contributed by atoms with Crippen LogP contribution >= 0.6 is 0 Å². The predicted molar refractivity (Wildman–Crippen MR) is 61.2 cm³/mol. The number of hydrogen-bond acceptors (Lipinski definition) is 4. The molecule has 0 atom stereocenters. The molecule has 0 aliphatic rings. The summed E-state index contributed by atoms with van der Waals surface area (Å²) in [5.41, 5.74) is 0.171. The van der Waals surface area contributed by atoms with E-state index in [0.717, 1.165) is 6.26 Å². The van der Waals surface area contributed by atoms with Crippen molar-refractivity contribution < 1.29 is 19.1 Å². The molecular weight excluding hydrogens is 220 g/mol. The summed E-state index contributed by atoms with van der Waals surface area (Å²) < 4.78 is 9.65. The van der Waals surface area contributed by atoms with Gasteiger partial charge in [0, 0.05) is 6.92 Å². The zero-order chi connectivity index (χ0) is 12.7. The minimum Gasteiger partial charge on any atom is -0.431 e. The second-order valence-electron chi connectivity index (χ2n) is 3.02. The molecule has 1 radical (unpaired) electrons. The second kappa shape index (κ2) is 6.27. The number of carbonyl (C=O) groups excluding carboxylic acids is 2. The number of carbonyl (C=O) groups is 2. The Labute approximate surface area is 99.2 Å². The van der Waals surface area contributed by atoms with Gasteiger partial charge in [-0.3, -0.25) is 4.79 Å². The van der Waals surface area contributed by atoms with Crippen LogP contribution in [0.15, 0.2) is 42.7 Å². The third kappa shape index (κ3) is 3.95. The minimum absolute atomic E-state index is 0.162. The summed E-state index contributed by atoms with van der Waals surface area (Å²) in [6.45, 7) is 6.33. The Morgan fingerprint density at radius 2 is 2.00 bits per heavy atom. The molecule has 0 aromatic heterocycles. The maximum absolute atomic E-state index is 11.6. The Morgan fingerprint density at radius 1 is 1.29 bits per heavy atom. The fourth-order valence-corrected chi connectivity index (χ4v) is 1.09. The van der Waals surface area contributed by atoms with Gasteiger partial charge < -0.3 is 9.47 Å². The van der Waals surface area contributed by atoms with Crippen LogP contribution < -0.4 is 4.74 Å². The van der Waals surface area contributed by atoms with Crippen molar-refractivity contribution in [1.29, 1.82) is 0 Å². The summed E-state index contributed by atoms with van der Waals surface area (Å²) >= 11 is 0. The van der Waals surface area contributed by atoms with Crippen molar-refractivity contribution in [3.8, 4) is 5.75 Å². The number of para-hydroxylation sites is 1. The molecule has 0 aliphatic carbocycles. The van der Waals surface area contributed by atoms with E-state index in [1.165, 1.54) is 31.2 Å². The van der Waals surface area contributed by atoms with Crippen LogP contribution in [0.1, 0.15) is 17.3 Å². The van der Waals surface area contributed by atoms with Gasteiger partial charge in [0.25, 0.3) is 0 Å². The molecule has 0 saturated carbocycles. The first kappa shape index (κ1) is 12.7. The highest BCUT2D eigenvalue weighted by Crippen LogP contribution is 2.19. The van der Waals surface area contributed by atoms with Gasteiger partial charge in [0.2, 0.25) is 0 Å². The average molecular weight is 231 g/mol. The Kier molecular flexibility index (Phi) is 4.69. The van der Waals surface area contributed by atoms with Crippen molar-refractivity contribution in [2.24, 2.45) is 0 Å². The summed E-state index contributed by atoms with van der Waals surface area (Å²) in [4.78, 5) is 22.4. The van der Waals surface area contributed by atoms with Crippen LogP contribution in [-0.4, -0.2) is 11.9 Å². The van der Waals surface area contributed by atoms with E-state index in [-0.39, 0.29) is 11.3 Å². The van der Waals surface area contributed by atoms with Crippen molar-refractivity contribution in [3.63, 3.8) is 0 Å². The summed E-state index contributed by atoms with van der Waals surface area (Å²) in [5.74, 6) is -0.967. The molecule has 1 aromatic rings. The predicted octanol–water partition coefficient (Wildman–Crippen LogP) is 2.27. The smallest absolute Gasteiger partial charge is 0.346 e. The Morgan fingerprint density at radius 3 is 2.65 bits per heavy atom. The molecule has 0 bridgehead atoms. The summed E-state index contributed by atoms with van der Waals surface area (Å²) in [5, 5.41) is 0. The molecule has 0 N–H and O–H groups in total. The highest BCUT2D eigenvalue weighted by Gasteiger charge is 2.13. The molecule has 0 fully saturated rings. The van der Waals surface area contributed by atoms with Crippen LogP contribution in [0.25, 0.3) is 0 Å². The van der Waals surface area contributed by atoms with Gasteiger partial charge in [0.15, 0.2) is 0 Å². The Balaban J connectivity index is 2.88. The van der Waals surface area contributed by atoms with Crippen molar-refractivity contribution in [3.05, 3.63) is 54.8 Å². The molecule has 0 unspecified atom stereocenters. The van der Waals surface area contributed by atoms with E-state index in [9.17, 15) is 9.59 Å². The first-order valence-electron chi connectivity index (χ1n) is 4.83. The van der Waals surface area contributed by atoms with Gasteiger partial charge in [0.1, 0.15) is 11.3 Å². The largest absolute Gasteiger partial charge is 0.431 e. The highest BCUT2D eigenvalue weighted by molar-refractivity contribution is 5.93. The zero-order valence-corrected chi connectivity index (χ0v) is 9.25. The zero-order valence-electron chi connectivity index (χ0n) is 9.25. The van der Waals surface area contributed by atoms with E-state index < -0.39 is 11.9 Å². The molecule has 17 heavy (non-hydrogen) atoms. The fraction of sp³-hybridized carbons (Fsp3) is 0.0769. The van der Waals surface area contributed by atoms with Gasteiger partial charge in [-0.1, -0.05) is 24.8 Å². The first-order valence-corrected chi connectivity index (χ1v) is 4.83. The standard InChI is InChI=1S/C13H11O4/c1-3-4-9-16-13(15)11-7-5-6-8-12(11)17-10(2)14/h1,3-9H,2H3/b3-1?,9-4+. The fourth-order valence-electron chi connectivity index (χ4n) is 1.09. The quantitative estimate of drug-likeness (QED) is 0.345. The number of ether oxygens (including phenoxy) is 2. The van der Waals surface area contributed by atoms with Crippen LogP contribution in [0.2, 0.25) is 0 Å². The average Bonchev–Trinajstić information content (AvgIpc) is 2.29. The minimum atomic E-state index is -0.625. The molecule has 4 nitrogen and oxygen atoms in total. The number of benzene rings is 1. The number of rotatable bonds is 4. The lowest BCUT2D eigenvalue weighted by Gasteiger charge is -2.06. The number of hydrogen-bond donors (Lipinski definition) is 0. The van der Waals surface area contributed by atoms with Gasteiger partial charge in [-0.15, -0.1) is 0 Å². The summed E-state index contributed by atoms with van der Waals surface area (Å²) in [7, 11) is 0. The van der Waals surface area contributed by atoms with E-state index in [4.69, 9.17) is 16.1 Å². The third-order valence-corrected chi connectivity index (χ3v) is 1.73. The molecule has 0 saturated heterocycles. The molecule has 0 aliphatic heterocycles. The lowest BCUT2D eigenvalue weighted by Crippen LogP contribution is -2.08. The van der Waals surface area contributed by atoms with Crippen molar-refractivity contribution in [2.45, 2.75) is 6.92 Å². The van der Waals surface area contributed by atoms with E-state index in [1.54, 1.807) is 12.1 Å². The molecule has 4 heteroatoms. The van der Waals surface area contributed by atoms with E-state index in [2.05, 4.69) is 0 Å². The SMILES string of the molecule is [CH]=C/C=C/OC(=O)c1ccccc1OC(C)=O. The van der Waals surface area contributed by atoms with Crippen molar-refractivity contribution in [2.75, 3.05) is 0 Å². The number of allylic oxidation sites excluding steroid dienone is 2. The molecule has 0 heterocycles. The molecule has 87 valence electrons. The normalized spacial score (nSPS) is 9.94. The lowest BCUT2D eigenvalue weighted by atomic mass is 10.2. The van der Waals surface area contributed by atoms with E-state index >= 15 is 0 Å². The molecular formula is C13H11O4.